The first-order valence-corrected chi connectivity index (χ1v) is 50.7. The van der Waals surface area contributed by atoms with E-state index in [1.165, 1.54) is 77.2 Å². The third-order valence-corrected chi connectivity index (χ3v) is 29.0. The van der Waals surface area contributed by atoms with Gasteiger partial charge in [0.25, 0.3) is 0 Å². The lowest BCUT2D eigenvalue weighted by Crippen LogP contribution is -2.10. The van der Waals surface area contributed by atoms with E-state index < -0.39 is 0 Å². The summed E-state index contributed by atoms with van der Waals surface area (Å²) in [5, 5.41) is 11.5. The Labute approximate surface area is 861 Å². The SMILES string of the molecule is c1ccc(-c2ccc(-c3cccc(N(c4ccc(-c5ccccc5)cc4)c4cccc5c4oc4c6ccccc6n(-c6ccccc6)c54)c3)cc2)cc1.c1ccc(-c2ccc(N(c3ccc(-c4cccc5ccccc45)cc3)c3cccc4c3oc3c5ccccc5n(-c5ccccc5)c43)cc2)cc1.c1ccc(N(c2ccc(-c3cccc4ccccc34)cc2)c2cccc3c2oc2c4ccccc4n(-c4ccccc4)c32)cc1. The maximum absolute atomic E-state index is 7.02. The molecular weight excluding hydrogens is 1810 g/mol. The van der Waals surface area contributed by atoms with Gasteiger partial charge in [-0.15, -0.1) is 0 Å². The molecule has 0 saturated carbocycles. The fraction of sp³-hybridized carbons (Fsp3) is 0. The molecule has 0 N–H and O–H groups in total. The summed E-state index contributed by atoms with van der Waals surface area (Å²) in [4.78, 5) is 6.95. The average molecular weight is 1910 g/mol. The van der Waals surface area contributed by atoms with Crippen LogP contribution in [0.3, 0.4) is 0 Å². The van der Waals surface area contributed by atoms with Crippen LogP contribution in [0.5, 0.6) is 0 Å². The first-order valence-electron chi connectivity index (χ1n) is 50.7. The summed E-state index contributed by atoms with van der Waals surface area (Å²) >= 11 is 0. The number of benzene rings is 23. The summed E-state index contributed by atoms with van der Waals surface area (Å²) in [5.41, 5.74) is 38.7. The van der Waals surface area contributed by atoms with Gasteiger partial charge in [0, 0.05) is 83.5 Å². The number of anilines is 9. The predicted molar refractivity (Wildman–Crippen MR) is 623 cm³/mol. The minimum absolute atomic E-state index is 0.845. The maximum Gasteiger partial charge on any atom is 0.161 e. The van der Waals surface area contributed by atoms with Gasteiger partial charge in [0.2, 0.25) is 0 Å². The molecule has 0 bridgehead atoms. The van der Waals surface area contributed by atoms with E-state index in [-0.39, 0.29) is 0 Å². The lowest BCUT2D eigenvalue weighted by molar-refractivity contribution is 0.672. The fourth-order valence-corrected chi connectivity index (χ4v) is 22.1. The summed E-state index contributed by atoms with van der Waals surface area (Å²) in [6.07, 6.45) is 0. The number of furan rings is 3. The molecule has 0 aliphatic carbocycles. The molecule has 0 radical (unpaired) electrons. The van der Waals surface area contributed by atoms with Crippen molar-refractivity contribution in [3.8, 4) is 83.8 Å². The molecule has 29 rings (SSSR count). The van der Waals surface area contributed by atoms with Crippen LogP contribution >= 0.6 is 0 Å². The van der Waals surface area contributed by atoms with Gasteiger partial charge in [0.15, 0.2) is 33.5 Å². The molecule has 29 aromatic rings. The molecule has 702 valence electrons. The molecule has 0 fully saturated rings. The molecule has 0 aliphatic rings. The van der Waals surface area contributed by atoms with E-state index in [0.29, 0.717) is 0 Å². The van der Waals surface area contributed by atoms with Crippen LogP contribution in [-0.2, 0) is 0 Å². The summed E-state index contributed by atoms with van der Waals surface area (Å²) in [7, 11) is 0. The van der Waals surface area contributed by atoms with Crippen molar-refractivity contribution in [2.24, 2.45) is 0 Å². The largest absolute Gasteiger partial charge is 0.451 e. The van der Waals surface area contributed by atoms with Gasteiger partial charge in [-0.2, -0.15) is 0 Å². The van der Waals surface area contributed by atoms with Crippen molar-refractivity contribution < 1.29 is 13.3 Å². The van der Waals surface area contributed by atoms with Crippen LogP contribution in [-0.4, -0.2) is 13.7 Å². The molecule has 0 spiro atoms. The number of para-hydroxylation sites is 10. The van der Waals surface area contributed by atoms with E-state index >= 15 is 0 Å². The molecule has 149 heavy (non-hydrogen) atoms. The van der Waals surface area contributed by atoms with Crippen LogP contribution < -0.4 is 14.7 Å². The Kier molecular flexibility index (Phi) is 22.5. The molecule has 0 aliphatic heterocycles. The first kappa shape index (κ1) is 88.0. The minimum Gasteiger partial charge on any atom is -0.451 e. The zero-order chi connectivity index (χ0) is 98.6. The maximum atomic E-state index is 7.02. The van der Waals surface area contributed by atoms with Gasteiger partial charge in [0.1, 0.15) is 16.6 Å². The highest BCUT2D eigenvalue weighted by molar-refractivity contribution is 6.22. The van der Waals surface area contributed by atoms with E-state index in [2.05, 4.69) is 599 Å². The van der Waals surface area contributed by atoms with Crippen LogP contribution in [0.4, 0.5) is 51.2 Å². The van der Waals surface area contributed by atoms with E-state index in [1.54, 1.807) is 0 Å². The Balaban J connectivity index is 0.000000110. The van der Waals surface area contributed by atoms with Crippen molar-refractivity contribution in [1.29, 1.82) is 0 Å². The molecule has 9 heteroatoms. The quantitative estimate of drug-likeness (QED) is 0.0853. The number of rotatable bonds is 18. The normalized spacial score (nSPS) is 11.5. The minimum atomic E-state index is 0.845. The fourth-order valence-electron chi connectivity index (χ4n) is 22.1. The summed E-state index contributed by atoms with van der Waals surface area (Å²) in [5.74, 6) is 0. The molecule has 6 heterocycles. The first-order chi connectivity index (χ1) is 74.0. The summed E-state index contributed by atoms with van der Waals surface area (Å²) in [6, 6.07) is 202. The highest BCUT2D eigenvalue weighted by Crippen LogP contribution is 2.52. The molecule has 0 unspecified atom stereocenters. The molecule has 9 nitrogen and oxygen atoms in total. The Morgan fingerprint density at radius 3 is 0.705 bits per heavy atom. The number of aromatic nitrogens is 3. The number of fused-ring (bicyclic) bond motifs is 17. The molecule has 0 amide bonds. The van der Waals surface area contributed by atoms with E-state index in [4.69, 9.17) is 13.3 Å². The lowest BCUT2D eigenvalue weighted by atomic mass is 9.98. The highest BCUT2D eigenvalue weighted by atomic mass is 16.3. The number of hydrogen-bond donors (Lipinski definition) is 0. The molecular formula is C140H94N6O3. The molecule has 23 aromatic carbocycles. The Morgan fingerprint density at radius 1 is 0.141 bits per heavy atom. The van der Waals surface area contributed by atoms with Crippen molar-refractivity contribution in [2.45, 2.75) is 0 Å². The van der Waals surface area contributed by atoms with Crippen LogP contribution in [0.25, 0.3) is 204 Å². The molecule has 0 atom stereocenters. The predicted octanol–water partition coefficient (Wildman–Crippen LogP) is 39.3. The molecule has 6 aromatic heterocycles. The Bertz CT molecular complexity index is 9970. The third kappa shape index (κ3) is 15.9. The van der Waals surface area contributed by atoms with Crippen molar-refractivity contribution in [1.82, 2.24) is 13.7 Å². The van der Waals surface area contributed by atoms with Crippen LogP contribution in [0.2, 0.25) is 0 Å². The van der Waals surface area contributed by atoms with Gasteiger partial charge < -0.3 is 41.7 Å². The lowest BCUT2D eigenvalue weighted by Gasteiger charge is -2.26. The third-order valence-electron chi connectivity index (χ3n) is 29.0. The van der Waals surface area contributed by atoms with Gasteiger partial charge in [-0.25, -0.2) is 0 Å². The van der Waals surface area contributed by atoms with Gasteiger partial charge in [0.05, 0.1) is 33.6 Å². The second-order valence-electron chi connectivity index (χ2n) is 37.7. The van der Waals surface area contributed by atoms with E-state index in [9.17, 15) is 0 Å². The van der Waals surface area contributed by atoms with Gasteiger partial charge in [-0.05, 0) is 270 Å². The van der Waals surface area contributed by atoms with E-state index in [0.717, 1.165) is 178 Å². The van der Waals surface area contributed by atoms with Gasteiger partial charge >= 0.3 is 0 Å². The van der Waals surface area contributed by atoms with Crippen molar-refractivity contribution in [3.05, 3.63) is 570 Å². The van der Waals surface area contributed by atoms with Crippen molar-refractivity contribution >= 4 is 172 Å². The van der Waals surface area contributed by atoms with Crippen LogP contribution in [0.15, 0.2) is 583 Å². The smallest absolute Gasteiger partial charge is 0.161 e. The topological polar surface area (TPSA) is 63.9 Å². The van der Waals surface area contributed by atoms with Crippen LogP contribution in [0, 0.1) is 0 Å². The second-order valence-corrected chi connectivity index (χ2v) is 37.7. The summed E-state index contributed by atoms with van der Waals surface area (Å²) in [6.45, 7) is 0. The molecule has 0 saturated heterocycles. The standard InChI is InChI=1S/C50H34N2O.C48H32N2O.C42H28N2O/c1-4-14-35(15-5-1)37-26-28-39(29-27-37)40-18-12-21-43(34-40)51(42-32-30-38(31-33-42)36-16-6-2-7-17-36)47-25-13-23-45-48-50(53-49(45)47)44-22-10-11-24-46(44)52(48)41-19-8-3-9-20-41;1-3-13-33(14-4-1)34-25-29-38(30-26-34)49(39-31-27-36(28-32-39)41-21-11-16-35-15-7-8-19-40(35)41)45-24-12-22-43-46-48(51-47(43)45)42-20-9-10-23-44(42)50(46)37-17-5-2-6-18-37;1-3-15-31(16-4-1)43(33-27-25-30(26-28-33)35-21-11-14-29-13-7-8-19-34(29)35)39-24-12-22-37-40-42(45-41(37)39)36-20-9-10-23-38(36)44(40)32-17-5-2-6-18-32/h1-34H;1-32H;1-28H. The average Bonchev–Trinajstić information content (AvgIpc) is 1.56. The number of hydrogen-bond acceptors (Lipinski definition) is 6. The van der Waals surface area contributed by atoms with Crippen molar-refractivity contribution in [2.75, 3.05) is 14.7 Å². The van der Waals surface area contributed by atoms with Gasteiger partial charge in [-0.3, -0.25) is 0 Å². The Hall–Kier alpha value is -20.0. The second kappa shape index (κ2) is 38.0. The van der Waals surface area contributed by atoms with Gasteiger partial charge in [-0.1, -0.05) is 388 Å². The monoisotopic (exact) mass is 1910 g/mol. The zero-order valence-corrected chi connectivity index (χ0v) is 81.2. The highest BCUT2D eigenvalue weighted by Gasteiger charge is 2.30. The van der Waals surface area contributed by atoms with Crippen LogP contribution in [0.1, 0.15) is 0 Å². The van der Waals surface area contributed by atoms with E-state index in [1.807, 2.05) is 0 Å². The number of nitrogens with zero attached hydrogens (tertiary/aromatic N) is 6. The summed E-state index contributed by atoms with van der Waals surface area (Å²) < 4.78 is 27.9. The van der Waals surface area contributed by atoms with Crippen molar-refractivity contribution in [3.63, 3.8) is 0 Å². The zero-order valence-electron chi connectivity index (χ0n) is 81.2. The Morgan fingerprint density at radius 2 is 0.362 bits per heavy atom.